The molecule has 0 nitrogen and oxygen atoms in total. The minimum atomic E-state index is -0.0155. The summed E-state index contributed by atoms with van der Waals surface area (Å²) in [6.07, 6.45) is 7.05. The number of halogens is 1. The molecule has 4 saturated carbocycles. The van der Waals surface area contributed by atoms with Gasteiger partial charge in [-0.3, -0.25) is 0 Å². The van der Waals surface area contributed by atoms with Crippen molar-refractivity contribution in [3.8, 4) is 33.4 Å². The Morgan fingerprint density at radius 2 is 1.18 bits per heavy atom. The van der Waals surface area contributed by atoms with Crippen molar-refractivity contribution in [2.45, 2.75) is 56.8 Å². The van der Waals surface area contributed by atoms with Gasteiger partial charge in [0.25, 0.3) is 0 Å². The molecule has 0 unspecified atom stereocenters. The maximum absolute atomic E-state index is 6.73. The molecule has 0 N–H and O–H groups in total. The summed E-state index contributed by atoms with van der Waals surface area (Å²) in [4.78, 5) is 0. The fraction of sp³-hybridized carbons (Fsp3) is 0.351. The van der Waals surface area contributed by atoms with Crippen LogP contribution in [0.1, 0.15) is 68.2 Å². The molecule has 0 atom stereocenters. The van der Waals surface area contributed by atoms with Gasteiger partial charge in [-0.2, -0.15) is 0 Å². The summed E-state index contributed by atoms with van der Waals surface area (Å²) in [7, 11) is 0. The molecule has 6 aliphatic rings. The van der Waals surface area contributed by atoms with E-state index in [9.17, 15) is 0 Å². The third-order valence-corrected chi connectivity index (χ3v) is 11.7. The van der Waals surface area contributed by atoms with Crippen molar-refractivity contribution < 1.29 is 0 Å². The quantitative estimate of drug-likeness (QED) is 0.238. The predicted octanol–water partition coefficient (Wildman–Crippen LogP) is 10.0. The van der Waals surface area contributed by atoms with E-state index in [1.807, 2.05) is 0 Å². The van der Waals surface area contributed by atoms with E-state index in [0.717, 1.165) is 28.7 Å². The highest BCUT2D eigenvalue weighted by atomic mass is 35.5. The van der Waals surface area contributed by atoms with Crippen LogP contribution in [-0.2, 0) is 10.8 Å². The summed E-state index contributed by atoms with van der Waals surface area (Å²) in [6, 6.07) is 30.2. The predicted molar refractivity (Wildman–Crippen MR) is 158 cm³/mol. The Kier molecular flexibility index (Phi) is 4.19. The molecule has 0 radical (unpaired) electrons. The molecule has 0 aliphatic heterocycles. The highest BCUT2D eigenvalue weighted by Gasteiger charge is 2.61. The Morgan fingerprint density at radius 1 is 0.579 bits per heavy atom. The van der Waals surface area contributed by atoms with Crippen LogP contribution in [0.3, 0.4) is 0 Å². The van der Waals surface area contributed by atoms with Gasteiger partial charge in [0.2, 0.25) is 0 Å². The highest BCUT2D eigenvalue weighted by Crippen LogP contribution is 2.69. The molecule has 1 heteroatoms. The molecule has 38 heavy (non-hydrogen) atoms. The second-order valence-electron chi connectivity index (χ2n) is 13.5. The van der Waals surface area contributed by atoms with Crippen molar-refractivity contribution in [3.05, 3.63) is 106 Å². The first-order valence-electron chi connectivity index (χ1n) is 14.6. The number of hydrogen-bond acceptors (Lipinski definition) is 0. The van der Waals surface area contributed by atoms with Crippen molar-refractivity contribution in [3.63, 3.8) is 0 Å². The third kappa shape index (κ3) is 2.54. The monoisotopic (exact) mass is 512 g/mol. The minimum absolute atomic E-state index is 0.0155. The van der Waals surface area contributed by atoms with Crippen molar-refractivity contribution in [1.29, 1.82) is 0 Å². The van der Waals surface area contributed by atoms with Gasteiger partial charge in [0.1, 0.15) is 0 Å². The third-order valence-electron chi connectivity index (χ3n) is 11.5. The fourth-order valence-electron chi connectivity index (χ4n) is 10.4. The normalized spacial score (nSPS) is 30.3. The summed E-state index contributed by atoms with van der Waals surface area (Å²) in [6.45, 7) is 4.82. The zero-order valence-corrected chi connectivity index (χ0v) is 23.0. The molecule has 1 spiro atoms. The molecule has 6 aliphatic carbocycles. The Bertz CT molecular complexity index is 1640. The minimum Gasteiger partial charge on any atom is -0.0843 e. The van der Waals surface area contributed by atoms with Crippen LogP contribution in [0, 0.1) is 23.7 Å². The van der Waals surface area contributed by atoms with Gasteiger partial charge in [-0.25, -0.2) is 0 Å². The molecule has 0 aromatic heterocycles. The largest absolute Gasteiger partial charge is 0.0843 e. The number of rotatable bonds is 1. The van der Waals surface area contributed by atoms with E-state index < -0.39 is 0 Å². The van der Waals surface area contributed by atoms with Crippen LogP contribution in [0.25, 0.3) is 33.4 Å². The van der Waals surface area contributed by atoms with Gasteiger partial charge in [-0.1, -0.05) is 86.1 Å². The molecule has 10 rings (SSSR count). The molecular formula is C37H33Cl. The Hall–Kier alpha value is -2.83. The van der Waals surface area contributed by atoms with Crippen LogP contribution >= 0.6 is 11.6 Å². The lowest BCUT2D eigenvalue weighted by atomic mass is 9.43. The molecule has 4 aromatic carbocycles. The lowest BCUT2D eigenvalue weighted by Gasteiger charge is -2.61. The summed E-state index contributed by atoms with van der Waals surface area (Å²) in [5.41, 5.74) is 14.7. The van der Waals surface area contributed by atoms with E-state index >= 15 is 0 Å². The van der Waals surface area contributed by atoms with Crippen molar-refractivity contribution in [1.82, 2.24) is 0 Å². The molecule has 4 fully saturated rings. The van der Waals surface area contributed by atoms with Crippen molar-refractivity contribution in [2.24, 2.45) is 23.7 Å². The van der Waals surface area contributed by atoms with E-state index in [-0.39, 0.29) is 10.8 Å². The maximum Gasteiger partial charge on any atom is 0.0409 e. The summed E-state index contributed by atoms with van der Waals surface area (Å²) >= 11 is 6.73. The Balaban J connectivity index is 1.29. The van der Waals surface area contributed by atoms with Gasteiger partial charge < -0.3 is 0 Å². The second kappa shape index (κ2) is 7.22. The molecule has 0 heterocycles. The van der Waals surface area contributed by atoms with Gasteiger partial charge in [0.15, 0.2) is 0 Å². The molecule has 4 aromatic rings. The van der Waals surface area contributed by atoms with Crippen LogP contribution in [-0.4, -0.2) is 0 Å². The fourth-order valence-corrected chi connectivity index (χ4v) is 10.6. The second-order valence-corrected chi connectivity index (χ2v) is 14.0. The smallest absolute Gasteiger partial charge is 0.0409 e. The van der Waals surface area contributed by atoms with Gasteiger partial charge in [-0.05, 0) is 130 Å². The lowest BCUT2D eigenvalue weighted by Crippen LogP contribution is -2.55. The lowest BCUT2D eigenvalue weighted by molar-refractivity contribution is -0.0399. The number of hydrogen-bond donors (Lipinski definition) is 0. The topological polar surface area (TPSA) is 0 Å². The van der Waals surface area contributed by atoms with Gasteiger partial charge in [0.05, 0.1) is 0 Å². The van der Waals surface area contributed by atoms with Crippen molar-refractivity contribution >= 4 is 11.6 Å². The van der Waals surface area contributed by atoms with E-state index in [4.69, 9.17) is 11.6 Å². The summed E-state index contributed by atoms with van der Waals surface area (Å²) in [5, 5.41) is 0.894. The molecule has 0 amide bonds. The number of benzene rings is 4. The highest BCUT2D eigenvalue weighted by molar-refractivity contribution is 6.30. The van der Waals surface area contributed by atoms with E-state index in [2.05, 4.69) is 92.7 Å². The van der Waals surface area contributed by atoms with Crippen LogP contribution in [0.5, 0.6) is 0 Å². The molecular weight excluding hydrogens is 480 g/mol. The van der Waals surface area contributed by atoms with Crippen LogP contribution < -0.4 is 0 Å². The molecule has 188 valence electrons. The van der Waals surface area contributed by atoms with Crippen LogP contribution in [0.15, 0.2) is 78.9 Å². The molecule has 4 bridgehead atoms. The standard InChI is InChI=1S/C37H33Cl/c1-36(2)32-9-4-3-6-28(32)31-8-5-7-27(35(31)36)23-10-12-29-30-13-11-26(38)20-34(30)37(33(29)19-23)24-15-21-14-22(17-24)18-25(37)16-21/h3-13,19-22,24-25H,14-18H2,1-2H3. The number of fused-ring (bicyclic) bond motifs is 6. The first-order valence-corrected chi connectivity index (χ1v) is 15.0. The van der Waals surface area contributed by atoms with Gasteiger partial charge >= 0.3 is 0 Å². The average Bonchev–Trinajstić information content (AvgIpc) is 3.33. The summed E-state index contributed by atoms with van der Waals surface area (Å²) < 4.78 is 0. The van der Waals surface area contributed by atoms with Gasteiger partial charge in [-0.15, -0.1) is 0 Å². The maximum atomic E-state index is 6.73. The van der Waals surface area contributed by atoms with E-state index in [0.29, 0.717) is 0 Å². The zero-order valence-electron chi connectivity index (χ0n) is 22.2. The van der Waals surface area contributed by atoms with Crippen LogP contribution in [0.2, 0.25) is 5.02 Å². The van der Waals surface area contributed by atoms with Crippen molar-refractivity contribution in [2.75, 3.05) is 0 Å². The van der Waals surface area contributed by atoms with Gasteiger partial charge in [0, 0.05) is 15.9 Å². The van der Waals surface area contributed by atoms with E-state index in [1.165, 1.54) is 82.2 Å². The average molecular weight is 513 g/mol. The first-order chi connectivity index (χ1) is 18.5. The summed E-state index contributed by atoms with van der Waals surface area (Å²) in [5.74, 6) is 3.37. The zero-order chi connectivity index (χ0) is 25.4. The van der Waals surface area contributed by atoms with Crippen LogP contribution in [0.4, 0.5) is 0 Å². The molecule has 0 saturated heterocycles. The first kappa shape index (κ1) is 22.0. The SMILES string of the molecule is CC1(C)c2ccccc2-c2cccc(-c3ccc4c(c3)C3(c5cc(Cl)ccc5-4)C4CC5CC(C4)CC3C5)c21. The van der Waals surface area contributed by atoms with E-state index in [1.54, 1.807) is 5.56 Å². The Morgan fingerprint density at radius 3 is 1.95 bits per heavy atom. The Labute approximate surface area is 231 Å².